The van der Waals surface area contributed by atoms with E-state index < -0.39 is 5.97 Å². The topological polar surface area (TPSA) is 57.6 Å². The molecule has 1 N–H and O–H groups in total. The molecule has 1 amide bonds. The second kappa shape index (κ2) is 4.47. The van der Waals surface area contributed by atoms with Gasteiger partial charge < -0.3 is 10.0 Å². The molecule has 110 valence electrons. The lowest BCUT2D eigenvalue weighted by Gasteiger charge is -2.28. The first-order valence-corrected chi connectivity index (χ1v) is 8.19. The van der Waals surface area contributed by atoms with Gasteiger partial charge in [0.05, 0.1) is 0 Å². The molecule has 0 heterocycles. The molecular weight excluding hydrogens is 254 g/mol. The smallest absolute Gasteiger partial charge is 0.323 e. The predicted molar refractivity (Wildman–Crippen MR) is 72.9 cm³/mol. The standard InChI is InChI=1S/C16H23NO3/c18-12(19)8-17(11-3-1-2-4-11)16(20)15-13-9-5-6-10(7-9)14(13)15/h9-11,13-15H,1-8H2,(H,18,19). The summed E-state index contributed by atoms with van der Waals surface area (Å²) in [4.78, 5) is 25.7. The van der Waals surface area contributed by atoms with Crippen molar-refractivity contribution >= 4 is 11.9 Å². The molecule has 2 bridgehead atoms. The highest BCUT2D eigenvalue weighted by Crippen LogP contribution is 2.69. The van der Waals surface area contributed by atoms with Gasteiger partial charge in [0.25, 0.3) is 0 Å². The zero-order valence-electron chi connectivity index (χ0n) is 11.8. The lowest BCUT2D eigenvalue weighted by atomic mass is 10.0. The van der Waals surface area contributed by atoms with Crippen molar-refractivity contribution in [2.24, 2.45) is 29.6 Å². The third-order valence-electron chi connectivity index (χ3n) is 6.37. The van der Waals surface area contributed by atoms with Crippen molar-refractivity contribution in [2.75, 3.05) is 6.54 Å². The van der Waals surface area contributed by atoms with Gasteiger partial charge in [-0.05, 0) is 55.8 Å². The summed E-state index contributed by atoms with van der Waals surface area (Å²) in [6, 6.07) is 0.192. The quantitative estimate of drug-likeness (QED) is 0.856. The first-order chi connectivity index (χ1) is 9.66. The molecule has 0 aliphatic heterocycles. The van der Waals surface area contributed by atoms with E-state index in [0.29, 0.717) is 11.8 Å². The first kappa shape index (κ1) is 12.7. The summed E-state index contributed by atoms with van der Waals surface area (Å²) in [5.41, 5.74) is 0. The molecule has 4 saturated carbocycles. The highest BCUT2D eigenvalue weighted by molar-refractivity contribution is 5.86. The van der Waals surface area contributed by atoms with Crippen LogP contribution in [0.3, 0.4) is 0 Å². The predicted octanol–water partition coefficient (Wildman–Crippen LogP) is 2.13. The van der Waals surface area contributed by atoms with Crippen LogP contribution in [-0.2, 0) is 9.59 Å². The van der Waals surface area contributed by atoms with Gasteiger partial charge in [-0.1, -0.05) is 12.8 Å². The Kier molecular flexibility index (Phi) is 2.83. The minimum Gasteiger partial charge on any atom is -0.480 e. The summed E-state index contributed by atoms with van der Waals surface area (Å²) in [7, 11) is 0. The molecule has 20 heavy (non-hydrogen) atoms. The van der Waals surface area contributed by atoms with Crippen LogP contribution in [0.5, 0.6) is 0 Å². The number of carboxylic acids is 1. The summed E-state index contributed by atoms with van der Waals surface area (Å²) in [5, 5.41) is 9.12. The number of fused-ring (bicyclic) bond motifs is 5. The van der Waals surface area contributed by atoms with E-state index in [2.05, 4.69) is 0 Å². The largest absolute Gasteiger partial charge is 0.480 e. The molecule has 4 aliphatic rings. The van der Waals surface area contributed by atoms with Gasteiger partial charge in [-0.2, -0.15) is 0 Å². The summed E-state index contributed by atoms with van der Waals surface area (Å²) in [6.45, 7) is -0.0885. The lowest BCUT2D eigenvalue weighted by molar-refractivity contribution is -0.147. The Morgan fingerprint density at radius 1 is 1.00 bits per heavy atom. The second-order valence-corrected chi connectivity index (χ2v) is 7.31. The average molecular weight is 277 g/mol. The van der Waals surface area contributed by atoms with Crippen molar-refractivity contribution in [3.63, 3.8) is 0 Å². The Balaban J connectivity index is 1.49. The van der Waals surface area contributed by atoms with Gasteiger partial charge in [0.15, 0.2) is 0 Å². The molecule has 4 aliphatic carbocycles. The van der Waals surface area contributed by atoms with Crippen molar-refractivity contribution in [3.8, 4) is 0 Å². The number of hydrogen-bond donors (Lipinski definition) is 1. The molecular formula is C16H23NO3. The number of amides is 1. The van der Waals surface area contributed by atoms with Crippen molar-refractivity contribution < 1.29 is 14.7 Å². The van der Waals surface area contributed by atoms with E-state index in [4.69, 9.17) is 5.11 Å². The van der Waals surface area contributed by atoms with E-state index in [-0.39, 0.29) is 24.4 Å². The van der Waals surface area contributed by atoms with Gasteiger partial charge >= 0.3 is 5.97 Å². The molecule has 0 saturated heterocycles. The number of rotatable bonds is 4. The summed E-state index contributed by atoms with van der Waals surface area (Å²) in [5.74, 6) is 2.26. The van der Waals surface area contributed by atoms with Crippen LogP contribution in [0.2, 0.25) is 0 Å². The number of carboxylic acid groups (broad SMARTS) is 1. The van der Waals surface area contributed by atoms with Crippen molar-refractivity contribution in [1.82, 2.24) is 4.90 Å². The lowest BCUT2D eigenvalue weighted by Crippen LogP contribution is -2.44. The minimum atomic E-state index is -0.862. The Bertz CT molecular complexity index is 427. The highest BCUT2D eigenvalue weighted by atomic mass is 16.4. The van der Waals surface area contributed by atoms with Crippen LogP contribution in [0.1, 0.15) is 44.9 Å². The minimum absolute atomic E-state index is 0.0885. The number of carbonyl (C=O) groups excluding carboxylic acids is 1. The SMILES string of the molecule is O=C(O)CN(C(=O)C1C2C3CCC(C3)C12)C1CCCC1. The van der Waals surface area contributed by atoms with E-state index in [1.54, 1.807) is 4.90 Å². The Morgan fingerprint density at radius 3 is 2.15 bits per heavy atom. The van der Waals surface area contributed by atoms with Gasteiger partial charge in [-0.3, -0.25) is 9.59 Å². The molecule has 4 unspecified atom stereocenters. The fourth-order valence-corrected chi connectivity index (χ4v) is 5.60. The third-order valence-corrected chi connectivity index (χ3v) is 6.37. The van der Waals surface area contributed by atoms with Crippen molar-refractivity contribution in [1.29, 1.82) is 0 Å². The molecule has 4 nitrogen and oxygen atoms in total. The van der Waals surface area contributed by atoms with Gasteiger partial charge in [0.2, 0.25) is 5.91 Å². The average Bonchev–Trinajstić information content (AvgIpc) is 2.85. The van der Waals surface area contributed by atoms with Crippen molar-refractivity contribution in [2.45, 2.75) is 51.0 Å². The molecule has 4 fully saturated rings. The van der Waals surface area contributed by atoms with Crippen LogP contribution in [-0.4, -0.2) is 34.5 Å². The Labute approximate surface area is 119 Å². The summed E-state index contributed by atoms with van der Waals surface area (Å²) in [6.07, 6.45) is 8.20. The van der Waals surface area contributed by atoms with E-state index >= 15 is 0 Å². The first-order valence-electron chi connectivity index (χ1n) is 8.19. The fraction of sp³-hybridized carbons (Fsp3) is 0.875. The molecule has 0 aromatic heterocycles. The van der Waals surface area contributed by atoms with Crippen LogP contribution >= 0.6 is 0 Å². The van der Waals surface area contributed by atoms with Crippen molar-refractivity contribution in [3.05, 3.63) is 0 Å². The van der Waals surface area contributed by atoms with E-state index in [9.17, 15) is 9.59 Å². The Morgan fingerprint density at radius 2 is 1.60 bits per heavy atom. The monoisotopic (exact) mass is 277 g/mol. The maximum absolute atomic E-state index is 12.8. The maximum atomic E-state index is 12.8. The zero-order chi connectivity index (χ0) is 13.9. The van der Waals surface area contributed by atoms with Crippen LogP contribution in [0.4, 0.5) is 0 Å². The number of aliphatic carboxylic acids is 1. The molecule has 4 atom stereocenters. The molecule has 0 aromatic carbocycles. The molecule has 0 radical (unpaired) electrons. The summed E-state index contributed by atoms with van der Waals surface area (Å²) >= 11 is 0. The molecule has 4 rings (SSSR count). The van der Waals surface area contributed by atoms with Crippen LogP contribution in [0, 0.1) is 29.6 Å². The normalized spacial score (nSPS) is 41.7. The van der Waals surface area contributed by atoms with Gasteiger partial charge in [-0.15, -0.1) is 0 Å². The van der Waals surface area contributed by atoms with E-state index in [1.807, 2.05) is 0 Å². The van der Waals surface area contributed by atoms with E-state index in [1.165, 1.54) is 19.3 Å². The van der Waals surface area contributed by atoms with Gasteiger partial charge in [0, 0.05) is 12.0 Å². The Hall–Kier alpha value is -1.06. The van der Waals surface area contributed by atoms with Gasteiger partial charge in [0.1, 0.15) is 6.54 Å². The van der Waals surface area contributed by atoms with E-state index in [0.717, 1.165) is 37.5 Å². The summed E-state index contributed by atoms with van der Waals surface area (Å²) < 4.78 is 0. The van der Waals surface area contributed by atoms with Crippen LogP contribution in [0.25, 0.3) is 0 Å². The third kappa shape index (κ3) is 1.80. The zero-order valence-corrected chi connectivity index (χ0v) is 11.8. The molecule has 0 aromatic rings. The fourth-order valence-electron chi connectivity index (χ4n) is 5.60. The van der Waals surface area contributed by atoms with Crippen LogP contribution in [0.15, 0.2) is 0 Å². The number of carbonyl (C=O) groups is 2. The van der Waals surface area contributed by atoms with Gasteiger partial charge in [-0.25, -0.2) is 0 Å². The molecule has 0 spiro atoms. The second-order valence-electron chi connectivity index (χ2n) is 7.31. The molecule has 4 heteroatoms. The van der Waals surface area contributed by atoms with Crippen LogP contribution < -0.4 is 0 Å². The number of hydrogen-bond acceptors (Lipinski definition) is 2. The maximum Gasteiger partial charge on any atom is 0.323 e. The number of nitrogens with zero attached hydrogens (tertiary/aromatic N) is 1. The highest BCUT2D eigenvalue weighted by Gasteiger charge is 2.68.